The number of aliphatic hydroxyl groups is 1. The van der Waals surface area contributed by atoms with Crippen molar-refractivity contribution in [3.8, 4) is 11.5 Å². The van der Waals surface area contributed by atoms with E-state index in [1.807, 2.05) is 0 Å². The van der Waals surface area contributed by atoms with Crippen molar-refractivity contribution in [2.24, 2.45) is 0 Å². The lowest BCUT2D eigenvalue weighted by Gasteiger charge is -2.45. The molecule has 0 spiro atoms. The smallest absolute Gasteiger partial charge is 0.135 e. The fourth-order valence-electron chi connectivity index (χ4n) is 11.9. The molecule has 0 saturated carbocycles. The molecule has 1 aliphatic rings. The molecule has 14 rings (SSSR count). The zero-order chi connectivity index (χ0) is 57.9. The van der Waals surface area contributed by atoms with Crippen LogP contribution in [0.5, 0.6) is 11.5 Å². The Morgan fingerprint density at radius 3 is 1.03 bits per heavy atom. The first kappa shape index (κ1) is 56.5. The average Bonchev–Trinajstić information content (AvgIpc) is 0.950. The van der Waals surface area contributed by atoms with E-state index in [-0.39, 0.29) is 5.92 Å². The maximum Gasteiger partial charge on any atom is 0.135 e. The third-order valence-corrected chi connectivity index (χ3v) is 25.8. The molecule has 6 heteroatoms. The summed E-state index contributed by atoms with van der Waals surface area (Å²) in [7, 11) is -3.80. The molecular formula is C80H62O2P4. The van der Waals surface area contributed by atoms with Gasteiger partial charge in [-0.3, -0.25) is 0 Å². The number of para-hydroxylation sites is 2. The van der Waals surface area contributed by atoms with E-state index in [0.717, 1.165) is 33.2 Å². The van der Waals surface area contributed by atoms with E-state index in [2.05, 4.69) is 364 Å². The molecule has 0 aromatic heterocycles. The number of rotatable bonds is 15. The summed E-state index contributed by atoms with van der Waals surface area (Å²) in [6.07, 6.45) is 4.26. The van der Waals surface area contributed by atoms with Crippen molar-refractivity contribution in [2.75, 3.05) is 0 Å². The normalized spacial score (nSPS) is 14.4. The average molecular weight is 1180 g/mol. The van der Waals surface area contributed by atoms with Gasteiger partial charge >= 0.3 is 0 Å². The van der Waals surface area contributed by atoms with E-state index in [9.17, 15) is 5.11 Å². The van der Waals surface area contributed by atoms with Crippen molar-refractivity contribution >= 4 is 107 Å². The Bertz CT molecular complexity index is 4070. The van der Waals surface area contributed by atoms with Crippen LogP contribution in [0.15, 0.2) is 358 Å². The summed E-state index contributed by atoms with van der Waals surface area (Å²) in [6, 6.07) is 125. The largest absolute Gasteiger partial charge is 0.456 e. The first-order valence-electron chi connectivity index (χ1n) is 29.1. The molecule has 2 atom stereocenters. The van der Waals surface area contributed by atoms with Crippen molar-refractivity contribution in [3.63, 3.8) is 0 Å². The van der Waals surface area contributed by atoms with Gasteiger partial charge in [0.25, 0.3) is 0 Å². The molecule has 86 heavy (non-hydrogen) atoms. The predicted molar refractivity (Wildman–Crippen MR) is 374 cm³/mol. The summed E-state index contributed by atoms with van der Waals surface area (Å²) >= 11 is 0. The molecule has 13 aromatic carbocycles. The first-order valence-corrected chi connectivity index (χ1v) is 34.5. The minimum absolute atomic E-state index is 0.325. The van der Waals surface area contributed by atoms with Gasteiger partial charge in [0.2, 0.25) is 0 Å². The molecule has 0 saturated heterocycles. The molecule has 0 bridgehead atoms. The molecular weight excluding hydrogens is 1120 g/mol. The predicted octanol–water partition coefficient (Wildman–Crippen LogP) is 15.6. The molecule has 414 valence electrons. The monoisotopic (exact) mass is 1180 g/mol. The number of ether oxygens (including phenoxy) is 1. The molecule has 0 heterocycles. The summed E-state index contributed by atoms with van der Waals surface area (Å²) in [5, 5.41) is 28.7. The van der Waals surface area contributed by atoms with Crippen molar-refractivity contribution < 1.29 is 9.84 Å². The lowest BCUT2D eigenvalue weighted by molar-refractivity contribution is 0.164. The summed E-state index contributed by atoms with van der Waals surface area (Å²) in [6.45, 7) is 0. The van der Waals surface area contributed by atoms with Crippen LogP contribution in [0.1, 0.15) is 22.6 Å². The molecule has 0 amide bonds. The van der Waals surface area contributed by atoms with Gasteiger partial charge < -0.3 is 9.84 Å². The Labute approximate surface area is 510 Å². The maximum absolute atomic E-state index is 13.8. The van der Waals surface area contributed by atoms with E-state index in [4.69, 9.17) is 4.74 Å². The van der Waals surface area contributed by atoms with E-state index in [1.54, 1.807) is 0 Å². The molecule has 13 aromatic rings. The van der Waals surface area contributed by atoms with Gasteiger partial charge in [-0.2, -0.15) is 0 Å². The Kier molecular flexibility index (Phi) is 17.5. The van der Waals surface area contributed by atoms with Crippen LogP contribution in [-0.2, 0) is 0 Å². The third kappa shape index (κ3) is 12.0. The van der Waals surface area contributed by atoms with Crippen molar-refractivity contribution in [3.05, 3.63) is 375 Å². The lowest BCUT2D eigenvalue weighted by Crippen LogP contribution is -2.43. The Morgan fingerprint density at radius 2 is 0.616 bits per heavy atom. The van der Waals surface area contributed by atoms with Crippen LogP contribution < -0.4 is 63.1 Å². The van der Waals surface area contributed by atoms with Gasteiger partial charge in [0.05, 0.1) is 0 Å². The molecule has 0 aliphatic heterocycles. The highest BCUT2D eigenvalue weighted by Crippen LogP contribution is 2.60. The van der Waals surface area contributed by atoms with Crippen LogP contribution in [0.3, 0.4) is 0 Å². The van der Waals surface area contributed by atoms with Crippen LogP contribution in [0.25, 0.3) is 16.8 Å². The zero-order valence-corrected chi connectivity index (χ0v) is 50.9. The summed E-state index contributed by atoms with van der Waals surface area (Å²) in [4.78, 5) is 0. The van der Waals surface area contributed by atoms with Crippen LogP contribution in [0.4, 0.5) is 0 Å². The molecule has 0 radical (unpaired) electrons. The van der Waals surface area contributed by atoms with Crippen molar-refractivity contribution in [1.29, 1.82) is 0 Å². The van der Waals surface area contributed by atoms with Gasteiger partial charge in [0.1, 0.15) is 16.8 Å². The van der Waals surface area contributed by atoms with Gasteiger partial charge in [-0.05, 0) is 125 Å². The topological polar surface area (TPSA) is 29.5 Å². The number of hydrogen-bond acceptors (Lipinski definition) is 2. The second-order valence-corrected chi connectivity index (χ2v) is 29.9. The lowest BCUT2D eigenvalue weighted by atomic mass is 9.78. The molecule has 2 unspecified atom stereocenters. The van der Waals surface area contributed by atoms with Gasteiger partial charge in [-0.1, -0.05) is 346 Å². The van der Waals surface area contributed by atoms with Crippen LogP contribution in [-0.4, -0.2) is 10.4 Å². The van der Waals surface area contributed by atoms with Gasteiger partial charge in [0, 0.05) is 16.5 Å². The van der Waals surface area contributed by atoms with E-state index in [1.165, 1.54) is 64.1 Å². The van der Waals surface area contributed by atoms with Crippen molar-refractivity contribution in [1.82, 2.24) is 0 Å². The highest BCUT2D eigenvalue weighted by Gasteiger charge is 2.49. The third-order valence-electron chi connectivity index (χ3n) is 15.6. The van der Waals surface area contributed by atoms with Crippen LogP contribution >= 0.6 is 31.7 Å². The van der Waals surface area contributed by atoms with Crippen molar-refractivity contribution in [2.45, 2.75) is 11.3 Å². The zero-order valence-electron chi connectivity index (χ0n) is 47.4. The Balaban J connectivity index is 0.000000162. The highest BCUT2D eigenvalue weighted by molar-refractivity contribution is 7.81. The van der Waals surface area contributed by atoms with E-state index < -0.39 is 37.0 Å². The second kappa shape index (κ2) is 26.7. The minimum atomic E-state index is -1.26. The highest BCUT2D eigenvalue weighted by atomic mass is 31.1. The number of hydrogen-bond donors (Lipinski definition) is 1. The number of fused-ring (bicyclic) bond motifs is 2. The Hall–Kier alpha value is -8.66. The Morgan fingerprint density at radius 1 is 0.291 bits per heavy atom. The molecule has 2 nitrogen and oxygen atoms in total. The molecule has 0 fully saturated rings. The quantitative estimate of drug-likeness (QED) is 0.104. The summed E-state index contributed by atoms with van der Waals surface area (Å²) in [5.41, 5.74) is 3.52. The van der Waals surface area contributed by atoms with Gasteiger partial charge in [0.15, 0.2) is 0 Å². The fraction of sp³-hybridized carbons (Fsp3) is 0.0250. The summed E-state index contributed by atoms with van der Waals surface area (Å²) in [5.74, 6) is 1.48. The maximum atomic E-state index is 13.8. The standard InChI is InChI=1S/C44H34OP2.C36H28OP2/c45-44(47(37-23-9-3-10-24-37)38-25-11-4-12-26-38)32-31-34-18-14-16-28-40(34)43(44)42-39-27-15-13-17-33(39)29-30-41(42)46(35-19-5-1-6-20-35)36-21-7-2-8-22-36;1-5-17-29(18-6-1)38(30-19-7-2-8-20-30)35-27-15-13-25-33(35)37-34-26-14-16-28-36(34)39(31-21-9-3-10-22-31)32-23-11-4-12-24-32/h1-32,43,45H;1-28H. The minimum Gasteiger partial charge on any atom is -0.456 e. The summed E-state index contributed by atoms with van der Waals surface area (Å²) < 4.78 is 6.92. The van der Waals surface area contributed by atoms with Crippen LogP contribution in [0.2, 0.25) is 0 Å². The first-order chi connectivity index (χ1) is 42.6. The number of benzene rings is 13. The molecule has 1 N–H and O–H groups in total. The van der Waals surface area contributed by atoms with Gasteiger partial charge in [-0.15, -0.1) is 0 Å². The van der Waals surface area contributed by atoms with Crippen LogP contribution in [0, 0.1) is 0 Å². The molecule has 1 aliphatic carbocycles. The second-order valence-electron chi connectivity index (χ2n) is 21.0. The fourth-order valence-corrected chi connectivity index (χ4v) is 21.9. The van der Waals surface area contributed by atoms with Gasteiger partial charge in [-0.25, -0.2) is 0 Å². The van der Waals surface area contributed by atoms with E-state index in [0.29, 0.717) is 0 Å². The SMILES string of the molecule is OC1(P(c2ccccc2)c2ccccc2)C=Cc2ccccc2C1c1c(P(c2ccccc2)c2ccccc2)ccc2ccccc12.c1ccc(P(c2ccccc2)c2ccccc2Oc2ccccc2P(c2ccccc2)c2ccccc2)cc1. The van der Waals surface area contributed by atoms with E-state index >= 15 is 0 Å².